The normalized spacial score (nSPS) is 10.4. The molecule has 2 aromatic heterocycles. The highest BCUT2D eigenvalue weighted by Crippen LogP contribution is 2.03. The van der Waals surface area contributed by atoms with E-state index < -0.39 is 0 Å². The van der Waals surface area contributed by atoms with E-state index in [1.165, 1.54) is 10.7 Å². The van der Waals surface area contributed by atoms with E-state index in [1.807, 2.05) is 0 Å². The van der Waals surface area contributed by atoms with Crippen LogP contribution in [0.2, 0.25) is 0 Å². The van der Waals surface area contributed by atoms with E-state index >= 15 is 0 Å². The lowest BCUT2D eigenvalue weighted by Crippen LogP contribution is -2.01. The Kier molecular flexibility index (Phi) is 2.10. The molecule has 0 aromatic carbocycles. The Morgan fingerprint density at radius 2 is 2.29 bits per heavy atom. The van der Waals surface area contributed by atoms with Crippen molar-refractivity contribution < 1.29 is 4.39 Å². The minimum Gasteiger partial charge on any atom is -0.381 e. The van der Waals surface area contributed by atoms with Gasteiger partial charge >= 0.3 is 0 Å². The fraction of sp³-hybridized carbons (Fsp3) is 0.125. The molecule has 5 nitrogen and oxygen atoms in total. The second-order valence-corrected chi connectivity index (χ2v) is 2.85. The van der Waals surface area contributed by atoms with Crippen molar-refractivity contribution in [3.05, 3.63) is 36.0 Å². The molecule has 0 atom stereocenters. The Balaban J connectivity index is 2.18. The van der Waals surface area contributed by atoms with Crippen LogP contribution in [0.4, 0.5) is 10.2 Å². The fourth-order valence-electron chi connectivity index (χ4n) is 1.12. The van der Waals surface area contributed by atoms with Gasteiger partial charge in [-0.3, -0.25) is 4.98 Å². The molecule has 0 aliphatic carbocycles. The average molecular weight is 193 g/mol. The average Bonchev–Trinajstić information content (AvgIpc) is 2.51. The molecule has 2 aromatic rings. The first-order chi connectivity index (χ1) is 6.74. The zero-order valence-corrected chi connectivity index (χ0v) is 7.26. The predicted octanol–water partition coefficient (Wildman–Crippen LogP) is 0.443. The van der Waals surface area contributed by atoms with Gasteiger partial charge in [-0.2, -0.15) is 0 Å². The van der Waals surface area contributed by atoms with Crippen LogP contribution in [-0.4, -0.2) is 20.0 Å². The summed E-state index contributed by atoms with van der Waals surface area (Å²) in [5, 5.41) is 7.34. The summed E-state index contributed by atoms with van der Waals surface area (Å²) in [6, 6.07) is 1.39. The van der Waals surface area contributed by atoms with Gasteiger partial charge in [0.2, 0.25) is 0 Å². The van der Waals surface area contributed by atoms with Crippen LogP contribution in [0.3, 0.4) is 0 Å². The smallest absolute Gasteiger partial charge is 0.165 e. The summed E-state index contributed by atoms with van der Waals surface area (Å²) < 4.78 is 14.3. The van der Waals surface area contributed by atoms with Crippen molar-refractivity contribution in [2.45, 2.75) is 6.54 Å². The summed E-state index contributed by atoms with van der Waals surface area (Å²) in [5.41, 5.74) is 6.10. The van der Waals surface area contributed by atoms with Gasteiger partial charge in [0.15, 0.2) is 5.82 Å². The van der Waals surface area contributed by atoms with E-state index in [0.717, 1.165) is 11.8 Å². The first-order valence-electron chi connectivity index (χ1n) is 3.99. The van der Waals surface area contributed by atoms with E-state index in [4.69, 9.17) is 5.73 Å². The molecule has 0 aliphatic rings. The molecule has 0 fully saturated rings. The maximum atomic E-state index is 12.7. The molecule has 2 rings (SSSR count). The van der Waals surface area contributed by atoms with E-state index in [1.54, 1.807) is 12.4 Å². The van der Waals surface area contributed by atoms with Gasteiger partial charge < -0.3 is 5.73 Å². The van der Waals surface area contributed by atoms with Crippen LogP contribution in [0.15, 0.2) is 24.7 Å². The lowest BCUT2D eigenvalue weighted by molar-refractivity contribution is 0.607. The molecule has 0 amide bonds. The highest BCUT2D eigenvalue weighted by molar-refractivity contribution is 5.20. The first-order valence-corrected chi connectivity index (χ1v) is 3.99. The summed E-state index contributed by atoms with van der Waals surface area (Å²) in [5.74, 6) is -0.0232. The van der Waals surface area contributed by atoms with Crippen LogP contribution in [0, 0.1) is 5.82 Å². The van der Waals surface area contributed by atoms with Crippen LogP contribution < -0.4 is 5.73 Å². The number of aromatic nitrogens is 4. The molecule has 0 bridgehead atoms. The number of nitrogens with zero attached hydrogens (tertiary/aromatic N) is 4. The molecule has 0 unspecified atom stereocenters. The van der Waals surface area contributed by atoms with E-state index in [-0.39, 0.29) is 5.82 Å². The summed E-state index contributed by atoms with van der Waals surface area (Å²) in [6.45, 7) is 0.412. The molecular weight excluding hydrogens is 185 g/mol. The Bertz CT molecular complexity index is 439. The minimum absolute atomic E-state index is 0.342. The second kappa shape index (κ2) is 3.41. The summed E-state index contributed by atoms with van der Waals surface area (Å²) in [7, 11) is 0. The first kappa shape index (κ1) is 8.61. The highest BCUT2D eigenvalue weighted by Gasteiger charge is 1.99. The van der Waals surface area contributed by atoms with Crippen LogP contribution in [0.25, 0.3) is 0 Å². The molecule has 72 valence electrons. The molecule has 6 heteroatoms. The van der Waals surface area contributed by atoms with Gasteiger partial charge in [-0.1, -0.05) is 5.21 Å². The minimum atomic E-state index is -0.365. The van der Waals surface area contributed by atoms with Crippen LogP contribution in [-0.2, 0) is 6.54 Å². The van der Waals surface area contributed by atoms with Crippen molar-refractivity contribution in [1.29, 1.82) is 0 Å². The molecule has 0 spiro atoms. The van der Waals surface area contributed by atoms with Crippen molar-refractivity contribution in [3.63, 3.8) is 0 Å². The number of anilines is 1. The second-order valence-electron chi connectivity index (χ2n) is 2.85. The van der Waals surface area contributed by atoms with Gasteiger partial charge in [0.25, 0.3) is 0 Å². The Morgan fingerprint density at radius 3 is 2.93 bits per heavy atom. The Hall–Kier alpha value is -1.98. The largest absolute Gasteiger partial charge is 0.381 e. The maximum absolute atomic E-state index is 12.7. The van der Waals surface area contributed by atoms with Gasteiger partial charge in [-0.15, -0.1) is 5.10 Å². The van der Waals surface area contributed by atoms with Crippen LogP contribution >= 0.6 is 0 Å². The molecular formula is C8H8FN5. The van der Waals surface area contributed by atoms with Gasteiger partial charge in [0, 0.05) is 6.20 Å². The molecule has 0 radical (unpaired) electrons. The third-order valence-electron chi connectivity index (χ3n) is 1.66. The number of nitrogens with two attached hydrogens (primary N) is 1. The van der Waals surface area contributed by atoms with E-state index in [9.17, 15) is 4.39 Å². The molecule has 0 aliphatic heterocycles. The van der Waals surface area contributed by atoms with Crippen molar-refractivity contribution in [3.8, 4) is 0 Å². The molecule has 14 heavy (non-hydrogen) atoms. The number of pyridine rings is 1. The Labute approximate surface area is 79.4 Å². The quantitative estimate of drug-likeness (QED) is 0.751. The van der Waals surface area contributed by atoms with E-state index in [2.05, 4.69) is 15.3 Å². The molecule has 2 N–H and O–H groups in total. The number of rotatable bonds is 2. The zero-order valence-electron chi connectivity index (χ0n) is 7.26. The standard InChI is InChI=1S/C8H8FN5/c9-7-1-6(2-11-3-7)4-14-5-8(10)12-13-14/h1-3,5H,4,10H2. The summed E-state index contributed by atoms with van der Waals surface area (Å²) >= 11 is 0. The zero-order chi connectivity index (χ0) is 9.97. The van der Waals surface area contributed by atoms with Crippen molar-refractivity contribution in [1.82, 2.24) is 20.0 Å². The van der Waals surface area contributed by atoms with Gasteiger partial charge in [0.05, 0.1) is 18.9 Å². The van der Waals surface area contributed by atoms with Crippen molar-refractivity contribution in [2.24, 2.45) is 0 Å². The van der Waals surface area contributed by atoms with Gasteiger partial charge in [0.1, 0.15) is 5.82 Å². The molecule has 0 saturated carbocycles. The molecule has 0 saturated heterocycles. The lowest BCUT2D eigenvalue weighted by atomic mass is 10.3. The van der Waals surface area contributed by atoms with Crippen LogP contribution in [0.1, 0.15) is 5.56 Å². The Morgan fingerprint density at radius 1 is 1.43 bits per heavy atom. The number of halogens is 1. The predicted molar refractivity (Wildman–Crippen MR) is 47.7 cm³/mol. The SMILES string of the molecule is Nc1cn(Cc2cncc(F)c2)nn1. The summed E-state index contributed by atoms with van der Waals surface area (Å²) in [4.78, 5) is 3.72. The number of hydrogen-bond acceptors (Lipinski definition) is 4. The van der Waals surface area contributed by atoms with E-state index in [0.29, 0.717) is 12.4 Å². The highest BCUT2D eigenvalue weighted by atomic mass is 19.1. The monoisotopic (exact) mass is 193 g/mol. The summed E-state index contributed by atoms with van der Waals surface area (Å²) in [6.07, 6.45) is 4.30. The fourth-order valence-corrected chi connectivity index (χ4v) is 1.12. The van der Waals surface area contributed by atoms with Crippen molar-refractivity contribution in [2.75, 3.05) is 5.73 Å². The van der Waals surface area contributed by atoms with Gasteiger partial charge in [-0.25, -0.2) is 9.07 Å². The lowest BCUT2D eigenvalue weighted by Gasteiger charge is -1.99. The van der Waals surface area contributed by atoms with Gasteiger partial charge in [-0.05, 0) is 11.6 Å². The van der Waals surface area contributed by atoms with Crippen molar-refractivity contribution >= 4 is 5.82 Å². The third kappa shape index (κ3) is 1.85. The topological polar surface area (TPSA) is 69.6 Å². The molecule has 2 heterocycles. The maximum Gasteiger partial charge on any atom is 0.165 e. The third-order valence-corrected chi connectivity index (χ3v) is 1.66. The number of nitrogen functional groups attached to an aromatic ring is 1. The van der Waals surface area contributed by atoms with Crippen LogP contribution in [0.5, 0.6) is 0 Å². The number of hydrogen-bond donors (Lipinski definition) is 1.